The molecule has 0 spiro atoms. The first-order valence-electron chi connectivity index (χ1n) is 9.01. The molecule has 0 bridgehead atoms. The smallest absolute Gasteiger partial charge is 0.258 e. The van der Waals surface area contributed by atoms with Gasteiger partial charge in [0.05, 0.1) is 16.7 Å². The maximum Gasteiger partial charge on any atom is 0.289 e. The highest BCUT2D eigenvalue weighted by molar-refractivity contribution is 9.10. The summed E-state index contributed by atoms with van der Waals surface area (Å²) in [5.41, 5.74) is 1.83. The van der Waals surface area contributed by atoms with Crippen LogP contribution in [0.15, 0.2) is 82.2 Å². The second kappa shape index (κ2) is 7.61. The normalized spacial score (nSPS) is 16.3. The number of sulfonamides is 1. The number of nitrogens with zero attached hydrogens (tertiary/aromatic N) is 2. The molecule has 0 amide bonds. The summed E-state index contributed by atoms with van der Waals surface area (Å²) in [7, 11) is -4.19. The number of halogens is 1. The standard InChI is InChI=1S/C21H17BrN2O4S/c22-17-9-6-11-19-16(17)13-14-18(15-7-2-1-3-8-15)23(19)29(27,28)21-12-5-4-10-20(21)24(25)26/h1-12,18H,13-14H2. The zero-order valence-corrected chi connectivity index (χ0v) is 17.6. The second-order valence-corrected chi connectivity index (χ2v) is 9.37. The summed E-state index contributed by atoms with van der Waals surface area (Å²) < 4.78 is 29.7. The van der Waals surface area contributed by atoms with E-state index >= 15 is 0 Å². The van der Waals surface area contributed by atoms with Crippen LogP contribution in [0.1, 0.15) is 23.6 Å². The fourth-order valence-corrected chi connectivity index (χ4v) is 6.19. The van der Waals surface area contributed by atoms with Gasteiger partial charge in [0, 0.05) is 10.5 Å². The van der Waals surface area contributed by atoms with Gasteiger partial charge in [-0.3, -0.25) is 14.4 Å². The van der Waals surface area contributed by atoms with Crippen LogP contribution in [0.4, 0.5) is 11.4 Å². The Hall–Kier alpha value is -2.71. The lowest BCUT2D eigenvalue weighted by Gasteiger charge is -2.38. The van der Waals surface area contributed by atoms with Crippen LogP contribution in [0.5, 0.6) is 0 Å². The molecule has 1 unspecified atom stereocenters. The number of hydrogen-bond donors (Lipinski definition) is 0. The van der Waals surface area contributed by atoms with E-state index < -0.39 is 26.7 Å². The van der Waals surface area contributed by atoms with Crippen LogP contribution in [0.25, 0.3) is 0 Å². The number of nitro groups is 1. The quantitative estimate of drug-likeness (QED) is 0.384. The Morgan fingerprint density at radius 3 is 2.38 bits per heavy atom. The summed E-state index contributed by atoms with van der Waals surface area (Å²) >= 11 is 3.52. The van der Waals surface area contributed by atoms with E-state index in [0.29, 0.717) is 18.5 Å². The number of fused-ring (bicyclic) bond motifs is 1. The van der Waals surface area contributed by atoms with Crippen LogP contribution in [-0.4, -0.2) is 13.3 Å². The SMILES string of the molecule is O=[N+]([O-])c1ccccc1S(=O)(=O)N1c2cccc(Br)c2CCC1c1ccccc1. The van der Waals surface area contributed by atoms with Crippen molar-refractivity contribution in [3.8, 4) is 0 Å². The highest BCUT2D eigenvalue weighted by Gasteiger charge is 2.40. The van der Waals surface area contributed by atoms with Crippen molar-refractivity contribution in [1.29, 1.82) is 0 Å². The van der Waals surface area contributed by atoms with Crippen LogP contribution in [0, 0.1) is 10.1 Å². The molecule has 4 rings (SSSR count). The number of anilines is 1. The molecule has 0 saturated heterocycles. The lowest BCUT2D eigenvalue weighted by Crippen LogP contribution is -2.38. The largest absolute Gasteiger partial charge is 0.289 e. The van der Waals surface area contributed by atoms with Crippen LogP contribution in [-0.2, 0) is 16.4 Å². The van der Waals surface area contributed by atoms with Gasteiger partial charge in [-0.15, -0.1) is 0 Å². The Morgan fingerprint density at radius 1 is 0.966 bits per heavy atom. The van der Waals surface area contributed by atoms with E-state index in [1.807, 2.05) is 36.4 Å². The summed E-state index contributed by atoms with van der Waals surface area (Å²) in [4.78, 5) is 10.6. The molecule has 1 heterocycles. The maximum absolute atomic E-state index is 13.8. The van der Waals surface area contributed by atoms with Crippen molar-refractivity contribution in [3.05, 3.63) is 98.5 Å². The van der Waals surface area contributed by atoms with Crippen molar-refractivity contribution in [2.24, 2.45) is 0 Å². The van der Waals surface area contributed by atoms with Gasteiger partial charge >= 0.3 is 0 Å². The van der Waals surface area contributed by atoms with Gasteiger partial charge in [-0.1, -0.05) is 64.5 Å². The first kappa shape index (κ1) is 19.6. The Bertz CT molecular complexity index is 1180. The van der Waals surface area contributed by atoms with Crippen LogP contribution < -0.4 is 4.31 Å². The highest BCUT2D eigenvalue weighted by atomic mass is 79.9. The van der Waals surface area contributed by atoms with E-state index in [2.05, 4.69) is 15.9 Å². The molecule has 8 heteroatoms. The summed E-state index contributed by atoms with van der Waals surface area (Å²) in [6.45, 7) is 0. The Morgan fingerprint density at radius 2 is 1.66 bits per heavy atom. The second-order valence-electron chi connectivity index (χ2n) is 6.73. The van der Waals surface area contributed by atoms with Crippen LogP contribution in [0.3, 0.4) is 0 Å². The lowest BCUT2D eigenvalue weighted by molar-refractivity contribution is -0.387. The minimum Gasteiger partial charge on any atom is -0.258 e. The monoisotopic (exact) mass is 472 g/mol. The summed E-state index contributed by atoms with van der Waals surface area (Å²) in [5, 5.41) is 11.5. The lowest BCUT2D eigenvalue weighted by atomic mass is 9.93. The van der Waals surface area contributed by atoms with Crippen molar-refractivity contribution in [3.63, 3.8) is 0 Å². The molecule has 0 N–H and O–H groups in total. The first-order chi connectivity index (χ1) is 13.9. The van der Waals surface area contributed by atoms with Crippen molar-refractivity contribution in [2.75, 3.05) is 4.31 Å². The molecule has 0 radical (unpaired) electrons. The molecule has 29 heavy (non-hydrogen) atoms. The third-order valence-electron chi connectivity index (χ3n) is 5.07. The van der Waals surface area contributed by atoms with Gasteiger partial charge in [-0.25, -0.2) is 8.42 Å². The van der Waals surface area contributed by atoms with Crippen molar-refractivity contribution in [2.45, 2.75) is 23.8 Å². The molecule has 6 nitrogen and oxygen atoms in total. The third kappa shape index (κ3) is 3.42. The van der Waals surface area contributed by atoms with Gasteiger partial charge in [0.15, 0.2) is 4.90 Å². The minimum absolute atomic E-state index is 0.307. The van der Waals surface area contributed by atoms with E-state index in [9.17, 15) is 18.5 Å². The number of nitro benzene ring substituents is 1. The maximum atomic E-state index is 13.8. The molecule has 1 aliphatic heterocycles. The van der Waals surface area contributed by atoms with Crippen LogP contribution in [0.2, 0.25) is 0 Å². The van der Waals surface area contributed by atoms with Gasteiger partial charge < -0.3 is 0 Å². The van der Waals surface area contributed by atoms with Gasteiger partial charge in [0.1, 0.15) is 0 Å². The van der Waals surface area contributed by atoms with E-state index in [4.69, 9.17) is 0 Å². The number of rotatable bonds is 4. The van der Waals surface area contributed by atoms with Crippen LogP contribution >= 0.6 is 15.9 Å². The Labute approximate surface area is 177 Å². The first-order valence-corrected chi connectivity index (χ1v) is 11.2. The van der Waals surface area contributed by atoms with Crippen molar-refractivity contribution in [1.82, 2.24) is 0 Å². The summed E-state index contributed by atoms with van der Waals surface area (Å²) in [5.74, 6) is 0. The molecule has 1 aliphatic rings. The molecule has 0 fully saturated rings. The van der Waals surface area contributed by atoms with Crippen molar-refractivity contribution >= 4 is 37.3 Å². The van der Waals surface area contributed by atoms with E-state index in [1.54, 1.807) is 12.1 Å². The fraction of sp³-hybridized carbons (Fsp3) is 0.143. The van der Waals surface area contributed by atoms with E-state index in [-0.39, 0.29) is 4.90 Å². The minimum atomic E-state index is -4.19. The number of para-hydroxylation sites is 1. The van der Waals surface area contributed by atoms with Gasteiger partial charge in [-0.05, 0) is 42.2 Å². The van der Waals surface area contributed by atoms with E-state index in [0.717, 1.165) is 15.6 Å². The summed E-state index contributed by atoms with van der Waals surface area (Å²) in [6.07, 6.45) is 1.26. The molecule has 0 saturated carbocycles. The average molecular weight is 473 g/mol. The molecular formula is C21H17BrN2O4S. The molecule has 3 aromatic carbocycles. The molecular weight excluding hydrogens is 456 g/mol. The molecule has 0 aliphatic carbocycles. The predicted octanol–water partition coefficient (Wildman–Crippen LogP) is 5.24. The molecule has 3 aromatic rings. The Kier molecular flexibility index (Phi) is 5.14. The van der Waals surface area contributed by atoms with Gasteiger partial charge in [0.2, 0.25) is 0 Å². The van der Waals surface area contributed by atoms with E-state index in [1.165, 1.54) is 28.6 Å². The molecule has 148 valence electrons. The number of benzene rings is 3. The number of hydrogen-bond acceptors (Lipinski definition) is 4. The fourth-order valence-electron chi connectivity index (χ4n) is 3.77. The topological polar surface area (TPSA) is 80.5 Å². The van der Waals surface area contributed by atoms with Gasteiger partial charge in [0.25, 0.3) is 15.7 Å². The molecule has 1 atom stereocenters. The average Bonchev–Trinajstić information content (AvgIpc) is 2.73. The third-order valence-corrected chi connectivity index (χ3v) is 7.68. The highest BCUT2D eigenvalue weighted by Crippen LogP contribution is 2.45. The zero-order chi connectivity index (χ0) is 20.6. The predicted molar refractivity (Wildman–Crippen MR) is 114 cm³/mol. The molecule has 0 aromatic heterocycles. The van der Waals surface area contributed by atoms with Gasteiger partial charge in [-0.2, -0.15) is 0 Å². The summed E-state index contributed by atoms with van der Waals surface area (Å²) in [6, 6.07) is 19.8. The Balaban J connectivity index is 1.97. The van der Waals surface area contributed by atoms with Crippen molar-refractivity contribution < 1.29 is 13.3 Å². The zero-order valence-electron chi connectivity index (χ0n) is 15.2.